The third-order valence-electron chi connectivity index (χ3n) is 3.21. The molecule has 4 atom stereocenters. The van der Waals surface area contributed by atoms with E-state index in [2.05, 4.69) is 0 Å². The molecule has 0 radical (unpaired) electrons. The van der Waals surface area contributed by atoms with Crippen LogP contribution >= 0.6 is 0 Å². The molecule has 92 valence electrons. The van der Waals surface area contributed by atoms with Crippen molar-refractivity contribution in [2.45, 2.75) is 31.1 Å². The van der Waals surface area contributed by atoms with Crippen molar-refractivity contribution < 1.29 is 18.6 Å². The van der Waals surface area contributed by atoms with Crippen molar-refractivity contribution in [2.75, 3.05) is 13.2 Å². The Balaban J connectivity index is 1.74. The predicted octanol–water partition coefficient (Wildman–Crippen LogP) is 2.23. The minimum absolute atomic E-state index is 0.265. The van der Waals surface area contributed by atoms with Gasteiger partial charge in [-0.1, -0.05) is 30.3 Å². The number of halogens is 1. The highest BCUT2D eigenvalue weighted by Crippen LogP contribution is 2.32. The highest BCUT2D eigenvalue weighted by atomic mass is 19.1. The van der Waals surface area contributed by atoms with E-state index in [0.717, 1.165) is 5.56 Å². The molecule has 0 aromatic heterocycles. The molecular weight excluding hydrogens is 223 g/mol. The van der Waals surface area contributed by atoms with Crippen LogP contribution in [0.15, 0.2) is 30.3 Å². The van der Waals surface area contributed by atoms with Crippen molar-refractivity contribution in [1.82, 2.24) is 0 Å². The van der Waals surface area contributed by atoms with Crippen LogP contribution in [0.5, 0.6) is 0 Å². The maximum Gasteiger partial charge on any atom is 0.184 e. The molecule has 2 aliphatic heterocycles. The van der Waals surface area contributed by atoms with Crippen molar-refractivity contribution in [2.24, 2.45) is 0 Å². The van der Waals surface area contributed by atoms with Crippen molar-refractivity contribution in [1.29, 1.82) is 0 Å². The zero-order chi connectivity index (χ0) is 11.7. The van der Waals surface area contributed by atoms with Gasteiger partial charge >= 0.3 is 0 Å². The molecule has 2 aliphatic rings. The van der Waals surface area contributed by atoms with Gasteiger partial charge < -0.3 is 14.2 Å². The first-order chi connectivity index (χ1) is 8.34. The van der Waals surface area contributed by atoms with Gasteiger partial charge in [-0.3, -0.25) is 0 Å². The summed E-state index contributed by atoms with van der Waals surface area (Å²) < 4.78 is 30.4. The lowest BCUT2D eigenvalue weighted by Gasteiger charge is -2.40. The molecule has 3 rings (SSSR count). The molecule has 1 unspecified atom stereocenters. The van der Waals surface area contributed by atoms with Crippen LogP contribution in [0.25, 0.3) is 0 Å². The van der Waals surface area contributed by atoms with Gasteiger partial charge in [0.1, 0.15) is 18.4 Å². The van der Waals surface area contributed by atoms with Gasteiger partial charge in [0.05, 0.1) is 13.2 Å². The number of ether oxygens (including phenoxy) is 3. The molecule has 1 aromatic carbocycles. The Kier molecular flexibility index (Phi) is 3.09. The number of fused-ring (bicyclic) bond motifs is 1. The maximum atomic E-state index is 13.7. The molecule has 3 nitrogen and oxygen atoms in total. The van der Waals surface area contributed by atoms with Gasteiger partial charge in [0, 0.05) is 12.0 Å². The first-order valence-corrected chi connectivity index (χ1v) is 5.92. The van der Waals surface area contributed by atoms with Crippen LogP contribution in [0.1, 0.15) is 18.3 Å². The van der Waals surface area contributed by atoms with E-state index in [-0.39, 0.29) is 6.10 Å². The third-order valence-corrected chi connectivity index (χ3v) is 3.21. The summed E-state index contributed by atoms with van der Waals surface area (Å²) in [6.45, 7) is 0.843. The minimum Gasteiger partial charge on any atom is -0.373 e. The van der Waals surface area contributed by atoms with E-state index < -0.39 is 18.6 Å². The molecule has 0 bridgehead atoms. The zero-order valence-corrected chi connectivity index (χ0v) is 9.42. The van der Waals surface area contributed by atoms with Gasteiger partial charge in [0.2, 0.25) is 0 Å². The average molecular weight is 238 g/mol. The van der Waals surface area contributed by atoms with E-state index in [0.29, 0.717) is 19.6 Å². The summed E-state index contributed by atoms with van der Waals surface area (Å²) in [6.07, 6.45) is -1.79. The smallest absolute Gasteiger partial charge is 0.184 e. The van der Waals surface area contributed by atoms with Crippen LogP contribution in [0.2, 0.25) is 0 Å². The second-order valence-corrected chi connectivity index (χ2v) is 4.39. The lowest BCUT2D eigenvalue weighted by atomic mass is 10.0. The van der Waals surface area contributed by atoms with Crippen LogP contribution in [0, 0.1) is 0 Å². The monoisotopic (exact) mass is 238 g/mol. The number of rotatable bonds is 1. The van der Waals surface area contributed by atoms with Crippen molar-refractivity contribution in [3.63, 3.8) is 0 Å². The van der Waals surface area contributed by atoms with Crippen molar-refractivity contribution in [3.05, 3.63) is 35.9 Å². The summed E-state index contributed by atoms with van der Waals surface area (Å²) >= 11 is 0. The molecular formula is C13H15FO3. The van der Waals surface area contributed by atoms with Gasteiger partial charge in [0.25, 0.3) is 0 Å². The summed E-state index contributed by atoms with van der Waals surface area (Å²) in [5, 5.41) is 0. The van der Waals surface area contributed by atoms with E-state index in [4.69, 9.17) is 14.2 Å². The number of hydrogen-bond donors (Lipinski definition) is 0. The van der Waals surface area contributed by atoms with Gasteiger partial charge in [-0.15, -0.1) is 0 Å². The average Bonchev–Trinajstić information content (AvgIpc) is 2.40. The van der Waals surface area contributed by atoms with E-state index in [1.165, 1.54) is 0 Å². The van der Waals surface area contributed by atoms with E-state index in [9.17, 15) is 4.39 Å². The molecule has 2 saturated heterocycles. The van der Waals surface area contributed by atoms with Gasteiger partial charge in [-0.05, 0) is 0 Å². The molecule has 0 spiro atoms. The SMILES string of the molecule is F[C@H]1CCO[C@@H]2CO[C@@H](c3ccccc3)OC12. The Hall–Kier alpha value is -0.970. The van der Waals surface area contributed by atoms with Crippen LogP contribution in [-0.2, 0) is 14.2 Å². The quantitative estimate of drug-likeness (QED) is 0.751. The fourth-order valence-corrected chi connectivity index (χ4v) is 2.29. The normalized spacial score (nSPS) is 37.5. The lowest BCUT2D eigenvalue weighted by Crippen LogP contribution is -2.50. The molecule has 0 N–H and O–H groups in total. The lowest BCUT2D eigenvalue weighted by molar-refractivity contribution is -0.291. The molecule has 2 fully saturated rings. The fraction of sp³-hybridized carbons (Fsp3) is 0.538. The topological polar surface area (TPSA) is 27.7 Å². The van der Waals surface area contributed by atoms with Crippen LogP contribution in [0.4, 0.5) is 4.39 Å². The summed E-state index contributed by atoms with van der Waals surface area (Å²) in [7, 11) is 0. The zero-order valence-electron chi connectivity index (χ0n) is 9.42. The van der Waals surface area contributed by atoms with Gasteiger partial charge in [0.15, 0.2) is 6.29 Å². The number of benzene rings is 1. The largest absolute Gasteiger partial charge is 0.373 e. The third kappa shape index (κ3) is 2.20. The standard InChI is InChI=1S/C13H15FO3/c14-10-6-7-15-11-8-16-13(17-12(10)11)9-4-2-1-3-5-9/h1-5,10-13H,6-8H2/t10-,11+,12?,13+/m0/s1. The first-order valence-electron chi connectivity index (χ1n) is 5.92. The first kappa shape index (κ1) is 11.1. The molecule has 4 heteroatoms. The van der Waals surface area contributed by atoms with E-state index in [1.807, 2.05) is 30.3 Å². The fourth-order valence-electron chi connectivity index (χ4n) is 2.29. The van der Waals surface area contributed by atoms with Crippen LogP contribution in [-0.4, -0.2) is 31.6 Å². The Morgan fingerprint density at radius 1 is 1.12 bits per heavy atom. The van der Waals surface area contributed by atoms with Crippen LogP contribution in [0.3, 0.4) is 0 Å². The molecule has 2 heterocycles. The predicted molar refractivity (Wildman–Crippen MR) is 59.3 cm³/mol. The Labute approximate surface area is 99.5 Å². The summed E-state index contributed by atoms with van der Waals surface area (Å²) in [4.78, 5) is 0. The molecule has 1 aromatic rings. The minimum atomic E-state index is -0.955. The number of hydrogen-bond acceptors (Lipinski definition) is 3. The second-order valence-electron chi connectivity index (χ2n) is 4.39. The van der Waals surface area contributed by atoms with Crippen molar-refractivity contribution >= 4 is 0 Å². The van der Waals surface area contributed by atoms with E-state index >= 15 is 0 Å². The molecule has 0 saturated carbocycles. The Morgan fingerprint density at radius 3 is 2.76 bits per heavy atom. The Bertz CT molecular complexity index is 370. The molecule has 0 amide bonds. The summed E-state index contributed by atoms with van der Waals surface area (Å²) in [5.41, 5.74) is 0.920. The highest BCUT2D eigenvalue weighted by molar-refractivity contribution is 5.16. The highest BCUT2D eigenvalue weighted by Gasteiger charge is 2.41. The van der Waals surface area contributed by atoms with Crippen molar-refractivity contribution in [3.8, 4) is 0 Å². The molecule has 0 aliphatic carbocycles. The maximum absolute atomic E-state index is 13.7. The second kappa shape index (κ2) is 4.72. The summed E-state index contributed by atoms with van der Waals surface area (Å²) in [6, 6.07) is 9.59. The van der Waals surface area contributed by atoms with E-state index in [1.54, 1.807) is 0 Å². The number of alkyl halides is 1. The Morgan fingerprint density at radius 2 is 1.94 bits per heavy atom. The van der Waals surface area contributed by atoms with Gasteiger partial charge in [-0.2, -0.15) is 0 Å². The summed E-state index contributed by atoms with van der Waals surface area (Å²) in [5.74, 6) is 0. The van der Waals surface area contributed by atoms with Crippen LogP contribution < -0.4 is 0 Å². The van der Waals surface area contributed by atoms with Gasteiger partial charge in [-0.25, -0.2) is 4.39 Å². The molecule has 17 heavy (non-hydrogen) atoms.